The van der Waals surface area contributed by atoms with Crippen LogP contribution >= 0.6 is 0 Å². The zero-order valence-electron chi connectivity index (χ0n) is 20.1. The van der Waals surface area contributed by atoms with Crippen molar-refractivity contribution in [1.82, 2.24) is 0 Å². The summed E-state index contributed by atoms with van der Waals surface area (Å²) in [5.41, 5.74) is 0. The third kappa shape index (κ3) is 121. The average molecular weight is 711 g/mol. The predicted octanol–water partition coefficient (Wildman–Crippen LogP) is -0.657. The van der Waals surface area contributed by atoms with E-state index in [1.807, 2.05) is 0 Å². The van der Waals surface area contributed by atoms with E-state index in [1.165, 1.54) is 55.4 Å². The number of hydrogen-bond acceptors (Lipinski definition) is 12. The number of carbonyl (C=O) groups is 4. The van der Waals surface area contributed by atoms with Crippen LogP contribution in [0.5, 0.6) is 0 Å². The van der Waals surface area contributed by atoms with Crippen LogP contribution in [0.1, 0.15) is 55.4 Å². The van der Waals surface area contributed by atoms with E-state index in [-0.39, 0.29) is 90.9 Å². The Morgan fingerprint density at radius 1 is 0.412 bits per heavy atom. The molecule has 14 heteroatoms. The van der Waals surface area contributed by atoms with Crippen molar-refractivity contribution in [3.63, 3.8) is 0 Å². The minimum Gasteiger partial charge on any atom is -1.00 e. The maximum atomic E-state index is 9.98. The Hall–Kier alpha value is -0.279. The Labute approximate surface area is 254 Å². The fourth-order valence-corrected chi connectivity index (χ4v) is 1.14. The van der Waals surface area contributed by atoms with E-state index in [1.54, 1.807) is 0 Å². The van der Waals surface area contributed by atoms with Crippen LogP contribution in [0.2, 0.25) is 0 Å². The molecule has 0 unspecified atom stereocenters. The first-order chi connectivity index (χ1) is 14.5. The molecule has 0 rings (SSSR count). The van der Waals surface area contributed by atoms with Crippen molar-refractivity contribution in [2.45, 2.75) is 55.4 Å². The standard InChI is InChI=1S/4C5H8O2.2Nb.2S2/c4*1-4(6)3-5(2)7;;;2*1-2/h4*3,6H,1-2H3;;;;/q;;;;;;2*-2/p-4/b4*4-3-;;;;. The Morgan fingerprint density at radius 2 is 0.500 bits per heavy atom. The van der Waals surface area contributed by atoms with Gasteiger partial charge in [-0.05, 0) is 52.0 Å². The van der Waals surface area contributed by atoms with E-state index in [0.29, 0.717) is 0 Å². The van der Waals surface area contributed by atoms with E-state index < -0.39 is 0 Å². The number of rotatable bonds is 4. The van der Waals surface area contributed by atoms with Gasteiger partial charge in [-0.2, -0.15) is 0 Å². The SMILES string of the molecule is CC(=O)/C=C(/C)[O-].CC(=O)/C=C(/C)[O-].CC(=O)/C=C(/C)[O-].CC(=O)/C=C(/C)[O-].[Nb].[Nb].[S-][S-].[S-][S-]. The quantitative estimate of drug-likeness (QED) is 0.119. The Bertz CT molecular complexity index is 535. The molecule has 0 heterocycles. The smallest absolute Gasteiger partial charge is 0.151 e. The fraction of sp³-hybridized carbons (Fsp3) is 0.400. The molecule has 0 amide bonds. The molecule has 0 aliphatic rings. The van der Waals surface area contributed by atoms with Gasteiger partial charge in [-0.1, -0.05) is 27.7 Å². The van der Waals surface area contributed by atoms with Gasteiger partial charge in [0.2, 0.25) is 0 Å². The summed E-state index contributed by atoms with van der Waals surface area (Å²) in [4.78, 5) is 39.9. The van der Waals surface area contributed by atoms with Crippen LogP contribution in [0.15, 0.2) is 47.3 Å². The van der Waals surface area contributed by atoms with E-state index in [4.69, 9.17) is 0 Å². The zero-order chi connectivity index (χ0) is 27.4. The number of ketones is 4. The summed E-state index contributed by atoms with van der Waals surface area (Å²) in [6, 6.07) is 0. The van der Waals surface area contributed by atoms with Crippen LogP contribution in [0, 0.1) is 0 Å². The second-order valence-corrected chi connectivity index (χ2v) is 5.46. The molecule has 0 atom stereocenters. The fourth-order valence-electron chi connectivity index (χ4n) is 1.14. The first kappa shape index (κ1) is 54.6. The van der Waals surface area contributed by atoms with Crippen molar-refractivity contribution in [1.29, 1.82) is 0 Å². The normalized spacial score (nSPS) is 9.76. The molecule has 0 spiro atoms. The van der Waals surface area contributed by atoms with Gasteiger partial charge in [-0.3, -0.25) is 19.2 Å². The van der Waals surface area contributed by atoms with Crippen LogP contribution in [0.4, 0.5) is 0 Å². The van der Waals surface area contributed by atoms with Gasteiger partial charge in [0, 0.05) is 44.8 Å². The molecule has 2 radical (unpaired) electrons. The van der Waals surface area contributed by atoms with Crippen LogP contribution in [-0.2, 0) is 111 Å². The molecule has 0 saturated carbocycles. The van der Waals surface area contributed by atoms with E-state index in [9.17, 15) is 39.6 Å². The summed E-state index contributed by atoms with van der Waals surface area (Å²) in [5, 5.41) is 39.9. The third-order valence-electron chi connectivity index (χ3n) is 1.63. The van der Waals surface area contributed by atoms with Crippen molar-refractivity contribution in [3.05, 3.63) is 47.3 Å². The molecule has 0 aliphatic heterocycles. The third-order valence-corrected chi connectivity index (χ3v) is 1.63. The summed E-state index contributed by atoms with van der Waals surface area (Å²) >= 11 is 14.7. The van der Waals surface area contributed by atoms with Gasteiger partial charge in [0.25, 0.3) is 0 Å². The molecule has 0 N–H and O–H groups in total. The molecule has 0 aliphatic carbocycles. The maximum absolute atomic E-state index is 9.98. The predicted molar refractivity (Wildman–Crippen MR) is 127 cm³/mol. The van der Waals surface area contributed by atoms with Crippen molar-refractivity contribution in [2.24, 2.45) is 0 Å². The largest absolute Gasteiger partial charge is 1.00 e. The molecule has 198 valence electrons. The van der Waals surface area contributed by atoms with Crippen LogP contribution in [0.3, 0.4) is 0 Å². The van der Waals surface area contributed by atoms with Crippen LogP contribution in [0.25, 0.3) is 0 Å². The molecule has 0 saturated heterocycles. The van der Waals surface area contributed by atoms with Crippen molar-refractivity contribution < 1.29 is 84.4 Å². The summed E-state index contributed by atoms with van der Waals surface area (Å²) in [6.07, 6.45) is 4.22. The van der Waals surface area contributed by atoms with Gasteiger partial charge < -0.3 is 67.1 Å². The summed E-state index contributed by atoms with van der Waals surface area (Å²) < 4.78 is 0. The molecule has 0 aromatic carbocycles. The first-order valence-electron chi connectivity index (χ1n) is 8.28. The van der Waals surface area contributed by atoms with Gasteiger partial charge >= 0.3 is 0 Å². The van der Waals surface area contributed by atoms with Crippen LogP contribution in [-0.4, -0.2) is 23.1 Å². The minimum absolute atomic E-state index is 0. The molecular formula is C20H28Nb2O8S4-8. The summed E-state index contributed by atoms with van der Waals surface area (Å²) in [6.45, 7) is 10.8. The van der Waals surface area contributed by atoms with Gasteiger partial charge in [-0.25, -0.2) is 0 Å². The van der Waals surface area contributed by atoms with E-state index >= 15 is 0 Å². The Kier molecular flexibility index (Phi) is 68.8. The summed E-state index contributed by atoms with van der Waals surface area (Å²) in [5.74, 6) is -1.50. The van der Waals surface area contributed by atoms with Gasteiger partial charge in [-0.15, -0.1) is 23.0 Å². The topological polar surface area (TPSA) is 161 Å². The second kappa shape index (κ2) is 42.8. The average Bonchev–Trinajstić information content (AvgIpc) is 2.55. The second-order valence-electron chi connectivity index (χ2n) is 5.46. The number of allylic oxidation sites excluding steroid dienone is 8. The number of carbonyl (C=O) groups excluding carboxylic acids is 4. The molecule has 0 aromatic heterocycles. The molecule has 0 aromatic rings. The van der Waals surface area contributed by atoms with Crippen molar-refractivity contribution in [3.8, 4) is 0 Å². The van der Waals surface area contributed by atoms with Crippen molar-refractivity contribution in [2.75, 3.05) is 0 Å². The number of hydrogen-bond donors (Lipinski definition) is 0. The van der Waals surface area contributed by atoms with Crippen molar-refractivity contribution >= 4 is 69.8 Å². The van der Waals surface area contributed by atoms with Gasteiger partial charge in [0.1, 0.15) is 0 Å². The van der Waals surface area contributed by atoms with E-state index in [2.05, 4.69) is 46.6 Å². The molecular weight excluding hydrogens is 682 g/mol. The summed E-state index contributed by atoms with van der Waals surface area (Å²) in [7, 11) is 0. The first-order valence-corrected chi connectivity index (χ1v) is 10.9. The van der Waals surface area contributed by atoms with Gasteiger partial charge in [0.15, 0.2) is 23.1 Å². The Balaban J connectivity index is -0.0000000412. The zero-order valence-corrected chi connectivity index (χ0v) is 27.8. The van der Waals surface area contributed by atoms with Gasteiger partial charge in [0.05, 0.1) is 0 Å². The minimum atomic E-state index is -0.187. The monoisotopic (exact) mass is 710 g/mol. The Morgan fingerprint density at radius 3 is 0.500 bits per heavy atom. The molecule has 34 heavy (non-hydrogen) atoms. The maximum Gasteiger partial charge on any atom is 0.151 e. The van der Waals surface area contributed by atoms with E-state index in [0.717, 1.165) is 24.3 Å². The molecule has 8 nitrogen and oxygen atoms in total. The molecule has 0 bridgehead atoms. The molecule has 0 fully saturated rings. The van der Waals surface area contributed by atoms with Crippen LogP contribution < -0.4 is 20.4 Å².